The molecule has 1 aromatic rings. The highest BCUT2D eigenvalue weighted by Crippen LogP contribution is 2.27. The fourth-order valence-electron chi connectivity index (χ4n) is 2.55. The molecule has 1 aliphatic rings. The lowest BCUT2D eigenvalue weighted by Gasteiger charge is -2.40. The van der Waals surface area contributed by atoms with Crippen molar-refractivity contribution in [3.8, 4) is 0 Å². The van der Waals surface area contributed by atoms with Crippen molar-refractivity contribution >= 4 is 29.0 Å². The first-order valence-electron chi connectivity index (χ1n) is 6.85. The van der Waals surface area contributed by atoms with E-state index in [2.05, 4.69) is 11.8 Å². The second-order valence-corrected chi connectivity index (χ2v) is 7.03. The molecule has 0 spiro atoms. The summed E-state index contributed by atoms with van der Waals surface area (Å²) in [6.07, 6.45) is 1.68. The van der Waals surface area contributed by atoms with Gasteiger partial charge in [0.1, 0.15) is 4.88 Å². The Hall–Kier alpha value is -0.560. The molecule has 1 amide bonds. The molecule has 6 heteroatoms. The van der Waals surface area contributed by atoms with Crippen LogP contribution in [-0.4, -0.2) is 65.4 Å². The van der Waals surface area contributed by atoms with Crippen LogP contribution in [0, 0.1) is 0 Å². The molecule has 1 saturated heterocycles. The van der Waals surface area contributed by atoms with Gasteiger partial charge in [-0.05, 0) is 31.5 Å². The van der Waals surface area contributed by atoms with Gasteiger partial charge in [-0.1, -0.05) is 0 Å². The molecule has 1 N–H and O–H groups in total. The van der Waals surface area contributed by atoms with Gasteiger partial charge in [-0.2, -0.15) is 0 Å². The number of aliphatic hydroxyl groups excluding tert-OH is 1. The van der Waals surface area contributed by atoms with Crippen molar-refractivity contribution < 1.29 is 9.90 Å². The van der Waals surface area contributed by atoms with E-state index >= 15 is 0 Å². The van der Waals surface area contributed by atoms with Gasteiger partial charge >= 0.3 is 0 Å². The number of piperazine rings is 1. The fourth-order valence-corrected chi connectivity index (χ4v) is 4.26. The molecule has 1 fully saturated rings. The van der Waals surface area contributed by atoms with Crippen LogP contribution in [0.3, 0.4) is 0 Å². The summed E-state index contributed by atoms with van der Waals surface area (Å²) in [4.78, 5) is 18.7. The number of hydrogen-bond donors (Lipinski definition) is 1. The van der Waals surface area contributed by atoms with Crippen LogP contribution in [0.2, 0.25) is 0 Å². The van der Waals surface area contributed by atoms with Gasteiger partial charge in [-0.15, -0.1) is 23.1 Å². The topological polar surface area (TPSA) is 43.8 Å². The maximum atomic E-state index is 12.6. The molecule has 112 valence electrons. The highest BCUT2D eigenvalue weighted by atomic mass is 32.2. The maximum Gasteiger partial charge on any atom is 0.265 e. The number of nitrogens with zero attached hydrogens (tertiary/aromatic N) is 2. The van der Waals surface area contributed by atoms with E-state index in [0.717, 1.165) is 29.4 Å². The average Bonchev–Trinajstić information content (AvgIpc) is 2.88. The number of carbonyl (C=O) groups is 1. The van der Waals surface area contributed by atoms with Crippen LogP contribution in [0.1, 0.15) is 23.5 Å². The SMILES string of the molecule is CSc1ccsc1C(=O)N1CCN(C[C@H](C)O)[C@H](C)C1. The standard InChI is InChI=1S/C14H22N2O2S2/c1-10-8-16(6-5-15(10)9-11(2)17)14(18)13-12(19-3)4-7-20-13/h4,7,10-11,17H,5-6,8-9H2,1-3H3/t10-,11+/m1/s1. The van der Waals surface area contributed by atoms with Gasteiger partial charge in [-0.3, -0.25) is 9.69 Å². The van der Waals surface area contributed by atoms with Crippen molar-refractivity contribution in [2.75, 3.05) is 32.4 Å². The summed E-state index contributed by atoms with van der Waals surface area (Å²) >= 11 is 3.15. The third-order valence-electron chi connectivity index (χ3n) is 3.59. The molecule has 20 heavy (non-hydrogen) atoms. The Bertz CT molecular complexity index is 462. The summed E-state index contributed by atoms with van der Waals surface area (Å²) in [6, 6.07) is 2.30. The minimum atomic E-state index is -0.319. The van der Waals surface area contributed by atoms with Gasteiger partial charge in [-0.25, -0.2) is 0 Å². The summed E-state index contributed by atoms with van der Waals surface area (Å²) < 4.78 is 0. The number of hydrogen-bond acceptors (Lipinski definition) is 5. The lowest BCUT2D eigenvalue weighted by Crippen LogP contribution is -2.54. The molecule has 0 radical (unpaired) electrons. The summed E-state index contributed by atoms with van der Waals surface area (Å²) in [6.45, 7) is 6.90. The number of aliphatic hydroxyl groups is 1. The van der Waals surface area contributed by atoms with Crippen molar-refractivity contribution in [3.05, 3.63) is 16.3 Å². The number of amides is 1. The van der Waals surface area contributed by atoms with Crippen LogP contribution >= 0.6 is 23.1 Å². The zero-order valence-corrected chi connectivity index (χ0v) is 13.8. The van der Waals surface area contributed by atoms with Crippen molar-refractivity contribution in [1.82, 2.24) is 9.80 Å². The maximum absolute atomic E-state index is 12.6. The van der Waals surface area contributed by atoms with Crippen molar-refractivity contribution in [1.29, 1.82) is 0 Å². The van der Waals surface area contributed by atoms with E-state index in [0.29, 0.717) is 12.6 Å². The first-order valence-corrected chi connectivity index (χ1v) is 8.96. The Balaban J connectivity index is 2.00. The second-order valence-electron chi connectivity index (χ2n) is 5.26. The summed E-state index contributed by atoms with van der Waals surface area (Å²) in [5.41, 5.74) is 0. The van der Waals surface area contributed by atoms with Gasteiger partial charge in [0.25, 0.3) is 5.91 Å². The van der Waals surface area contributed by atoms with Crippen LogP contribution in [0.4, 0.5) is 0 Å². The highest BCUT2D eigenvalue weighted by Gasteiger charge is 2.29. The Kier molecular flexibility index (Phi) is 5.49. The molecule has 0 aromatic carbocycles. The van der Waals surface area contributed by atoms with E-state index in [1.54, 1.807) is 18.7 Å². The first kappa shape index (κ1) is 15.8. The van der Waals surface area contributed by atoms with E-state index in [1.807, 2.05) is 22.6 Å². The van der Waals surface area contributed by atoms with E-state index in [9.17, 15) is 9.90 Å². The minimum absolute atomic E-state index is 0.146. The normalized spacial score (nSPS) is 22.0. The Morgan fingerprint density at radius 3 is 2.95 bits per heavy atom. The van der Waals surface area contributed by atoms with Crippen LogP contribution in [-0.2, 0) is 0 Å². The Labute approximate surface area is 128 Å². The molecular weight excluding hydrogens is 292 g/mol. The smallest absolute Gasteiger partial charge is 0.265 e. The molecule has 4 nitrogen and oxygen atoms in total. The quantitative estimate of drug-likeness (QED) is 0.863. The van der Waals surface area contributed by atoms with Crippen molar-refractivity contribution in [3.63, 3.8) is 0 Å². The number of rotatable bonds is 4. The summed E-state index contributed by atoms with van der Waals surface area (Å²) in [5, 5.41) is 11.5. The summed E-state index contributed by atoms with van der Waals surface area (Å²) in [5.74, 6) is 0.146. The molecule has 2 heterocycles. The van der Waals surface area contributed by atoms with E-state index in [1.165, 1.54) is 11.3 Å². The molecule has 0 aliphatic carbocycles. The van der Waals surface area contributed by atoms with Gasteiger partial charge in [0.2, 0.25) is 0 Å². The van der Waals surface area contributed by atoms with Crippen molar-refractivity contribution in [2.24, 2.45) is 0 Å². The Morgan fingerprint density at radius 2 is 2.35 bits per heavy atom. The molecule has 1 aliphatic heterocycles. The fraction of sp³-hybridized carbons (Fsp3) is 0.643. The highest BCUT2D eigenvalue weighted by molar-refractivity contribution is 7.98. The van der Waals surface area contributed by atoms with Gasteiger partial charge in [0.15, 0.2) is 0 Å². The van der Waals surface area contributed by atoms with Gasteiger partial charge < -0.3 is 10.0 Å². The third-order valence-corrected chi connectivity index (χ3v) is 5.41. The van der Waals surface area contributed by atoms with E-state index < -0.39 is 0 Å². The molecule has 2 atom stereocenters. The largest absolute Gasteiger partial charge is 0.392 e. The van der Waals surface area contributed by atoms with Crippen LogP contribution in [0.15, 0.2) is 16.3 Å². The number of thioether (sulfide) groups is 1. The van der Waals surface area contributed by atoms with E-state index in [-0.39, 0.29) is 12.0 Å². The van der Waals surface area contributed by atoms with Crippen molar-refractivity contribution in [2.45, 2.75) is 30.9 Å². The van der Waals surface area contributed by atoms with E-state index in [4.69, 9.17) is 0 Å². The molecule has 0 saturated carbocycles. The van der Waals surface area contributed by atoms with Gasteiger partial charge in [0, 0.05) is 37.1 Å². The lowest BCUT2D eigenvalue weighted by molar-refractivity contribution is 0.0366. The molecule has 0 unspecified atom stereocenters. The predicted molar refractivity (Wildman–Crippen MR) is 84.7 cm³/mol. The molecule has 2 rings (SSSR count). The summed E-state index contributed by atoms with van der Waals surface area (Å²) in [7, 11) is 0. The van der Waals surface area contributed by atoms with Crippen LogP contribution < -0.4 is 0 Å². The first-order chi connectivity index (χ1) is 9.52. The number of β-amino-alcohol motifs (C(OH)–C–C–N with tert-alkyl or cyclic N) is 1. The predicted octanol–water partition coefficient (Wildman–Crippen LogP) is 2.00. The average molecular weight is 314 g/mol. The molecule has 1 aromatic heterocycles. The van der Waals surface area contributed by atoms with Crippen LogP contribution in [0.25, 0.3) is 0 Å². The monoisotopic (exact) mass is 314 g/mol. The second kappa shape index (κ2) is 6.93. The minimum Gasteiger partial charge on any atom is -0.392 e. The molecular formula is C14H22N2O2S2. The zero-order valence-electron chi connectivity index (χ0n) is 12.2. The lowest BCUT2D eigenvalue weighted by atomic mass is 10.1. The third kappa shape index (κ3) is 3.55. The number of carbonyl (C=O) groups excluding carboxylic acids is 1. The number of thiophene rings is 1. The molecule has 0 bridgehead atoms. The zero-order chi connectivity index (χ0) is 14.7. The van der Waals surface area contributed by atoms with Crippen LogP contribution in [0.5, 0.6) is 0 Å². The Morgan fingerprint density at radius 1 is 1.60 bits per heavy atom. The van der Waals surface area contributed by atoms with Gasteiger partial charge in [0.05, 0.1) is 6.10 Å².